The van der Waals surface area contributed by atoms with Gasteiger partial charge in [-0.25, -0.2) is 0 Å². The summed E-state index contributed by atoms with van der Waals surface area (Å²) in [7, 11) is 0. The number of nitrogens with zero attached hydrogens (tertiary/aromatic N) is 2. The predicted octanol–water partition coefficient (Wildman–Crippen LogP) is 3.90. The SMILES string of the molecule is CC(C)COc1cccc(C(=O)NCc2ccccc2Cn2cccn2)c1. The molecule has 27 heavy (non-hydrogen) atoms. The second kappa shape index (κ2) is 9.03. The van der Waals surface area contributed by atoms with Crippen molar-refractivity contribution in [1.29, 1.82) is 0 Å². The Bertz CT molecular complexity index is 873. The molecular formula is C22H25N3O2. The third kappa shape index (κ3) is 5.45. The number of amides is 1. The maximum Gasteiger partial charge on any atom is 0.251 e. The van der Waals surface area contributed by atoms with E-state index in [4.69, 9.17) is 4.74 Å². The molecule has 0 saturated carbocycles. The zero-order valence-corrected chi connectivity index (χ0v) is 15.8. The summed E-state index contributed by atoms with van der Waals surface area (Å²) < 4.78 is 7.58. The Hall–Kier alpha value is -3.08. The average molecular weight is 363 g/mol. The number of carbonyl (C=O) groups excluding carboxylic acids is 1. The molecule has 3 aromatic rings. The summed E-state index contributed by atoms with van der Waals surface area (Å²) in [6, 6.07) is 17.3. The third-order valence-electron chi connectivity index (χ3n) is 4.13. The van der Waals surface area contributed by atoms with E-state index in [1.807, 2.05) is 47.3 Å². The normalized spacial score (nSPS) is 10.8. The van der Waals surface area contributed by atoms with E-state index in [9.17, 15) is 4.79 Å². The van der Waals surface area contributed by atoms with Crippen LogP contribution < -0.4 is 10.1 Å². The van der Waals surface area contributed by atoms with Gasteiger partial charge in [-0.2, -0.15) is 5.10 Å². The Labute approximate surface area is 160 Å². The van der Waals surface area contributed by atoms with E-state index in [0.29, 0.717) is 31.2 Å². The molecule has 0 fully saturated rings. The lowest BCUT2D eigenvalue weighted by atomic mass is 10.1. The van der Waals surface area contributed by atoms with Crippen molar-refractivity contribution >= 4 is 5.91 Å². The van der Waals surface area contributed by atoms with Gasteiger partial charge in [0.05, 0.1) is 13.2 Å². The number of aromatic nitrogens is 2. The summed E-state index contributed by atoms with van der Waals surface area (Å²) in [6.07, 6.45) is 3.69. The number of nitrogens with one attached hydrogen (secondary N) is 1. The van der Waals surface area contributed by atoms with E-state index in [1.165, 1.54) is 0 Å². The number of benzene rings is 2. The molecule has 3 rings (SSSR count). The van der Waals surface area contributed by atoms with Gasteiger partial charge in [-0.1, -0.05) is 44.2 Å². The molecule has 0 aliphatic rings. The smallest absolute Gasteiger partial charge is 0.251 e. The van der Waals surface area contributed by atoms with Gasteiger partial charge in [-0.15, -0.1) is 0 Å². The highest BCUT2D eigenvalue weighted by atomic mass is 16.5. The third-order valence-corrected chi connectivity index (χ3v) is 4.13. The molecule has 1 aromatic heterocycles. The first kappa shape index (κ1) is 18.7. The van der Waals surface area contributed by atoms with Crippen LogP contribution in [-0.2, 0) is 13.1 Å². The zero-order valence-electron chi connectivity index (χ0n) is 15.8. The largest absolute Gasteiger partial charge is 0.493 e. The molecule has 0 aliphatic carbocycles. The van der Waals surface area contributed by atoms with Gasteiger partial charge in [0.25, 0.3) is 5.91 Å². The number of hydrogen-bond donors (Lipinski definition) is 1. The van der Waals surface area contributed by atoms with Crippen molar-refractivity contribution in [3.05, 3.63) is 83.7 Å². The second-order valence-electron chi connectivity index (χ2n) is 6.89. The summed E-state index contributed by atoms with van der Waals surface area (Å²) in [4.78, 5) is 12.6. The van der Waals surface area contributed by atoms with Crippen molar-refractivity contribution < 1.29 is 9.53 Å². The molecule has 1 N–H and O–H groups in total. The molecule has 5 heteroatoms. The Morgan fingerprint density at radius 1 is 1.11 bits per heavy atom. The predicted molar refractivity (Wildman–Crippen MR) is 106 cm³/mol. The van der Waals surface area contributed by atoms with Gasteiger partial charge in [-0.05, 0) is 41.3 Å². The molecular weight excluding hydrogens is 338 g/mol. The summed E-state index contributed by atoms with van der Waals surface area (Å²) in [5, 5.41) is 7.25. The highest BCUT2D eigenvalue weighted by Crippen LogP contribution is 2.15. The first-order valence-corrected chi connectivity index (χ1v) is 9.17. The van der Waals surface area contributed by atoms with Gasteiger partial charge >= 0.3 is 0 Å². The number of rotatable bonds is 8. The summed E-state index contributed by atoms with van der Waals surface area (Å²) in [5.41, 5.74) is 2.81. The van der Waals surface area contributed by atoms with Crippen LogP contribution >= 0.6 is 0 Å². The molecule has 0 bridgehead atoms. The molecule has 0 saturated heterocycles. The van der Waals surface area contributed by atoms with Gasteiger partial charge in [0.15, 0.2) is 0 Å². The number of carbonyl (C=O) groups is 1. The van der Waals surface area contributed by atoms with E-state index in [2.05, 4.69) is 30.3 Å². The molecule has 0 radical (unpaired) electrons. The van der Waals surface area contributed by atoms with Crippen molar-refractivity contribution in [2.45, 2.75) is 26.9 Å². The fraction of sp³-hybridized carbons (Fsp3) is 0.273. The summed E-state index contributed by atoms with van der Waals surface area (Å²) in [6.45, 7) is 5.96. The molecule has 5 nitrogen and oxygen atoms in total. The van der Waals surface area contributed by atoms with Crippen LogP contribution in [-0.4, -0.2) is 22.3 Å². The van der Waals surface area contributed by atoms with Crippen molar-refractivity contribution in [2.75, 3.05) is 6.61 Å². The van der Waals surface area contributed by atoms with Gasteiger partial charge in [0.1, 0.15) is 5.75 Å². The van der Waals surface area contributed by atoms with Crippen LogP contribution in [0.15, 0.2) is 67.0 Å². The number of ether oxygens (including phenoxy) is 1. The van der Waals surface area contributed by atoms with Gasteiger partial charge in [-0.3, -0.25) is 9.48 Å². The van der Waals surface area contributed by atoms with Crippen molar-refractivity contribution in [2.24, 2.45) is 5.92 Å². The van der Waals surface area contributed by atoms with Crippen molar-refractivity contribution in [1.82, 2.24) is 15.1 Å². The van der Waals surface area contributed by atoms with Crippen LogP contribution in [0.25, 0.3) is 0 Å². The molecule has 1 heterocycles. The lowest BCUT2D eigenvalue weighted by Crippen LogP contribution is -2.23. The minimum Gasteiger partial charge on any atom is -0.493 e. The van der Waals surface area contributed by atoms with Gasteiger partial charge < -0.3 is 10.1 Å². The molecule has 2 aromatic carbocycles. The maximum atomic E-state index is 12.6. The molecule has 0 atom stereocenters. The fourth-order valence-electron chi connectivity index (χ4n) is 2.72. The summed E-state index contributed by atoms with van der Waals surface area (Å²) in [5.74, 6) is 1.04. The lowest BCUT2D eigenvalue weighted by Gasteiger charge is -2.12. The van der Waals surface area contributed by atoms with E-state index < -0.39 is 0 Å². The highest BCUT2D eigenvalue weighted by Gasteiger charge is 2.09. The van der Waals surface area contributed by atoms with Crippen molar-refractivity contribution in [3.8, 4) is 5.75 Å². The van der Waals surface area contributed by atoms with Crippen LogP contribution in [0.2, 0.25) is 0 Å². The molecule has 0 spiro atoms. The quantitative estimate of drug-likeness (QED) is 0.660. The topological polar surface area (TPSA) is 56.1 Å². The van der Waals surface area contributed by atoms with Crippen LogP contribution in [0.1, 0.15) is 35.3 Å². The molecule has 140 valence electrons. The average Bonchev–Trinajstić information content (AvgIpc) is 3.19. The van der Waals surface area contributed by atoms with Crippen LogP contribution in [0.4, 0.5) is 0 Å². The van der Waals surface area contributed by atoms with Gasteiger partial charge in [0.2, 0.25) is 0 Å². The van der Waals surface area contributed by atoms with E-state index in [1.54, 1.807) is 18.3 Å². The summed E-state index contributed by atoms with van der Waals surface area (Å²) >= 11 is 0. The minimum atomic E-state index is -0.112. The molecule has 1 amide bonds. The Kier molecular flexibility index (Phi) is 6.26. The standard InChI is InChI=1S/C22H25N3O2/c1-17(2)16-27-21-10-5-9-18(13-21)22(26)23-14-19-7-3-4-8-20(19)15-25-12-6-11-24-25/h3-13,17H,14-16H2,1-2H3,(H,23,26). The lowest BCUT2D eigenvalue weighted by molar-refractivity contribution is 0.0950. The molecule has 0 aliphatic heterocycles. The fourth-order valence-corrected chi connectivity index (χ4v) is 2.72. The minimum absolute atomic E-state index is 0.112. The monoisotopic (exact) mass is 363 g/mol. The molecule has 0 unspecified atom stereocenters. The maximum absolute atomic E-state index is 12.6. The van der Waals surface area contributed by atoms with Crippen LogP contribution in [0.3, 0.4) is 0 Å². The van der Waals surface area contributed by atoms with Crippen molar-refractivity contribution in [3.63, 3.8) is 0 Å². The highest BCUT2D eigenvalue weighted by molar-refractivity contribution is 5.94. The van der Waals surface area contributed by atoms with E-state index >= 15 is 0 Å². The Balaban J connectivity index is 1.63. The van der Waals surface area contributed by atoms with E-state index in [-0.39, 0.29) is 5.91 Å². The van der Waals surface area contributed by atoms with Crippen LogP contribution in [0, 0.1) is 5.92 Å². The second-order valence-corrected chi connectivity index (χ2v) is 6.89. The Morgan fingerprint density at radius 3 is 2.67 bits per heavy atom. The zero-order chi connectivity index (χ0) is 19.1. The first-order valence-electron chi connectivity index (χ1n) is 9.17. The van der Waals surface area contributed by atoms with E-state index in [0.717, 1.165) is 16.9 Å². The van der Waals surface area contributed by atoms with Crippen LogP contribution in [0.5, 0.6) is 5.75 Å². The first-order chi connectivity index (χ1) is 13.1. The van der Waals surface area contributed by atoms with Gasteiger partial charge in [0, 0.05) is 24.5 Å². The Morgan fingerprint density at radius 2 is 1.93 bits per heavy atom. The number of hydrogen-bond acceptors (Lipinski definition) is 3.